The van der Waals surface area contributed by atoms with Crippen LogP contribution >= 0.6 is 11.8 Å². The Hall–Kier alpha value is -1.82. The highest BCUT2D eigenvalue weighted by molar-refractivity contribution is 7.98. The molecule has 2 rings (SSSR count). The van der Waals surface area contributed by atoms with E-state index in [1.165, 1.54) is 17.8 Å². The Labute approximate surface area is 102 Å². The first-order valence-corrected chi connectivity index (χ1v) is 5.88. The Bertz CT molecular complexity index is 526. The Morgan fingerprint density at radius 1 is 1.53 bits per heavy atom. The molecule has 0 spiro atoms. The van der Waals surface area contributed by atoms with Crippen LogP contribution in [-0.2, 0) is 5.75 Å². The number of carboxylic acid groups (broad SMARTS) is 1. The Balaban J connectivity index is 2.13. The molecule has 0 radical (unpaired) electrons. The predicted octanol–water partition coefficient (Wildman–Crippen LogP) is 2.37. The third-order valence-corrected chi connectivity index (χ3v) is 2.85. The van der Waals surface area contributed by atoms with Crippen molar-refractivity contribution in [3.63, 3.8) is 0 Å². The maximum atomic E-state index is 10.8. The van der Waals surface area contributed by atoms with Crippen LogP contribution in [0.4, 0.5) is 0 Å². The molecule has 0 amide bonds. The van der Waals surface area contributed by atoms with Crippen molar-refractivity contribution in [3.8, 4) is 0 Å². The lowest BCUT2D eigenvalue weighted by Crippen LogP contribution is -2.03. The first kappa shape index (κ1) is 11.7. The Morgan fingerprint density at radius 2 is 2.35 bits per heavy atom. The number of hydrogen-bond donors (Lipinski definition) is 1. The van der Waals surface area contributed by atoms with Gasteiger partial charge in [-0.3, -0.25) is 0 Å². The largest absolute Gasteiger partial charge is 0.477 e. The summed E-state index contributed by atoms with van der Waals surface area (Å²) in [5, 5.41) is 9.31. The number of hydrogen-bond acceptors (Lipinski definition) is 5. The van der Waals surface area contributed by atoms with Crippen LogP contribution in [0.1, 0.15) is 21.9 Å². The molecule has 88 valence electrons. The molecule has 2 aromatic rings. The first-order valence-electron chi connectivity index (χ1n) is 4.89. The molecule has 5 nitrogen and oxygen atoms in total. The molecular weight excluding hydrogens is 240 g/mol. The summed E-state index contributed by atoms with van der Waals surface area (Å²) in [4.78, 5) is 18.9. The average molecular weight is 250 g/mol. The molecule has 17 heavy (non-hydrogen) atoms. The number of carboxylic acids is 1. The molecule has 0 fully saturated rings. The van der Waals surface area contributed by atoms with Crippen LogP contribution in [0.3, 0.4) is 0 Å². The summed E-state index contributed by atoms with van der Waals surface area (Å²) in [6.45, 7) is 1.74. The second kappa shape index (κ2) is 5.01. The second-order valence-electron chi connectivity index (χ2n) is 3.35. The molecule has 0 unspecified atom stereocenters. The van der Waals surface area contributed by atoms with Crippen LogP contribution in [0, 0.1) is 6.92 Å². The third-order valence-electron chi connectivity index (χ3n) is 1.98. The maximum absolute atomic E-state index is 10.8. The fourth-order valence-electron chi connectivity index (χ4n) is 1.25. The van der Waals surface area contributed by atoms with Gasteiger partial charge in [0.15, 0.2) is 10.9 Å². The number of carbonyl (C=O) groups is 1. The molecule has 0 saturated carbocycles. The number of nitrogens with zero attached hydrogens (tertiary/aromatic N) is 2. The number of furan rings is 1. The number of rotatable bonds is 4. The van der Waals surface area contributed by atoms with Crippen LogP contribution in [0.5, 0.6) is 0 Å². The smallest absolute Gasteiger partial charge is 0.354 e. The second-order valence-corrected chi connectivity index (χ2v) is 4.29. The van der Waals surface area contributed by atoms with E-state index in [1.54, 1.807) is 19.3 Å². The van der Waals surface area contributed by atoms with Crippen molar-refractivity contribution in [2.24, 2.45) is 0 Å². The van der Waals surface area contributed by atoms with Crippen molar-refractivity contribution in [2.75, 3.05) is 0 Å². The number of thioether (sulfide) groups is 1. The topological polar surface area (TPSA) is 76.2 Å². The van der Waals surface area contributed by atoms with E-state index in [4.69, 9.17) is 9.52 Å². The normalized spacial score (nSPS) is 10.4. The molecule has 0 aliphatic heterocycles. The Kier molecular flexibility index (Phi) is 3.43. The Morgan fingerprint density at radius 3 is 3.00 bits per heavy atom. The highest BCUT2D eigenvalue weighted by atomic mass is 32.2. The molecule has 1 N–H and O–H groups in total. The van der Waals surface area contributed by atoms with Gasteiger partial charge >= 0.3 is 5.97 Å². The van der Waals surface area contributed by atoms with Crippen molar-refractivity contribution in [1.29, 1.82) is 0 Å². The van der Waals surface area contributed by atoms with Crippen LogP contribution in [-0.4, -0.2) is 21.0 Å². The van der Waals surface area contributed by atoms with Gasteiger partial charge in [0, 0.05) is 5.69 Å². The van der Waals surface area contributed by atoms with Gasteiger partial charge in [0.25, 0.3) is 0 Å². The highest BCUT2D eigenvalue weighted by Gasteiger charge is 2.09. The molecule has 0 aliphatic carbocycles. The molecule has 0 bridgehead atoms. The molecule has 0 saturated heterocycles. The zero-order valence-electron chi connectivity index (χ0n) is 9.08. The minimum atomic E-state index is -1.05. The predicted molar refractivity (Wildman–Crippen MR) is 62.0 cm³/mol. The van der Waals surface area contributed by atoms with E-state index < -0.39 is 5.97 Å². The third kappa shape index (κ3) is 3.07. The zero-order valence-corrected chi connectivity index (χ0v) is 9.90. The van der Waals surface area contributed by atoms with Gasteiger partial charge in [0.1, 0.15) is 5.76 Å². The van der Waals surface area contributed by atoms with Gasteiger partial charge in [-0.1, -0.05) is 11.8 Å². The minimum Gasteiger partial charge on any atom is -0.477 e. The summed E-state index contributed by atoms with van der Waals surface area (Å²) in [6.07, 6.45) is 1.59. The van der Waals surface area contributed by atoms with Gasteiger partial charge in [-0.2, -0.15) is 0 Å². The van der Waals surface area contributed by atoms with Crippen molar-refractivity contribution in [3.05, 3.63) is 41.6 Å². The summed E-state index contributed by atoms with van der Waals surface area (Å²) < 4.78 is 5.17. The first-order chi connectivity index (χ1) is 8.15. The van der Waals surface area contributed by atoms with E-state index in [-0.39, 0.29) is 5.69 Å². The van der Waals surface area contributed by atoms with E-state index in [1.807, 2.05) is 6.07 Å². The maximum Gasteiger partial charge on any atom is 0.354 e. The van der Waals surface area contributed by atoms with E-state index in [0.717, 1.165) is 5.76 Å². The van der Waals surface area contributed by atoms with E-state index in [0.29, 0.717) is 16.6 Å². The quantitative estimate of drug-likeness (QED) is 0.663. The molecule has 0 aliphatic rings. The van der Waals surface area contributed by atoms with E-state index >= 15 is 0 Å². The molecule has 6 heteroatoms. The van der Waals surface area contributed by atoms with Crippen molar-refractivity contribution in [1.82, 2.24) is 9.97 Å². The van der Waals surface area contributed by atoms with Crippen molar-refractivity contribution < 1.29 is 14.3 Å². The van der Waals surface area contributed by atoms with E-state index in [2.05, 4.69) is 9.97 Å². The summed E-state index contributed by atoms with van der Waals surface area (Å²) >= 11 is 1.34. The summed E-state index contributed by atoms with van der Waals surface area (Å²) in [7, 11) is 0. The summed E-state index contributed by atoms with van der Waals surface area (Å²) in [6, 6.07) is 5.09. The number of aryl methyl sites for hydroxylation is 1. The van der Waals surface area contributed by atoms with Crippen LogP contribution in [0.25, 0.3) is 0 Å². The average Bonchev–Trinajstić information content (AvgIpc) is 2.78. The van der Waals surface area contributed by atoms with Gasteiger partial charge < -0.3 is 9.52 Å². The summed E-state index contributed by atoms with van der Waals surface area (Å²) in [5.74, 6) is 0.336. The molecule has 2 aromatic heterocycles. The van der Waals surface area contributed by atoms with Gasteiger partial charge in [-0.25, -0.2) is 14.8 Å². The number of aromatic carboxylic acids is 1. The standard InChI is InChI=1S/C11H10N2O3S/c1-7-5-9(10(14)15)13-11(12-7)17-6-8-3-2-4-16-8/h2-5H,6H2,1H3,(H,14,15). The van der Waals surface area contributed by atoms with Gasteiger partial charge in [-0.15, -0.1) is 0 Å². The molecule has 0 aromatic carbocycles. The molecular formula is C11H10N2O3S. The lowest BCUT2D eigenvalue weighted by Gasteiger charge is -2.01. The fourth-order valence-corrected chi connectivity index (χ4v) is 2.05. The van der Waals surface area contributed by atoms with Crippen molar-refractivity contribution >= 4 is 17.7 Å². The van der Waals surface area contributed by atoms with Crippen LogP contribution < -0.4 is 0 Å². The fraction of sp³-hybridized carbons (Fsp3) is 0.182. The SMILES string of the molecule is Cc1cc(C(=O)O)nc(SCc2ccco2)n1. The monoisotopic (exact) mass is 250 g/mol. The highest BCUT2D eigenvalue weighted by Crippen LogP contribution is 2.20. The zero-order chi connectivity index (χ0) is 12.3. The number of aromatic nitrogens is 2. The van der Waals surface area contributed by atoms with Gasteiger partial charge in [0.05, 0.1) is 12.0 Å². The molecule has 2 heterocycles. The minimum absolute atomic E-state index is 0.0134. The van der Waals surface area contributed by atoms with Crippen LogP contribution in [0.2, 0.25) is 0 Å². The van der Waals surface area contributed by atoms with Gasteiger partial charge in [0.2, 0.25) is 0 Å². The van der Waals surface area contributed by atoms with Crippen LogP contribution in [0.15, 0.2) is 34.0 Å². The molecule has 0 atom stereocenters. The van der Waals surface area contributed by atoms with Gasteiger partial charge in [-0.05, 0) is 25.1 Å². The van der Waals surface area contributed by atoms with Crippen molar-refractivity contribution in [2.45, 2.75) is 17.8 Å². The van der Waals surface area contributed by atoms with E-state index in [9.17, 15) is 4.79 Å². The lowest BCUT2D eigenvalue weighted by atomic mass is 10.3. The lowest BCUT2D eigenvalue weighted by molar-refractivity contribution is 0.0689. The summed E-state index contributed by atoms with van der Waals surface area (Å²) in [5.41, 5.74) is 0.652.